The Kier molecular flexibility index (Phi) is 9.96. The molecule has 1 aliphatic rings. The van der Waals surface area contributed by atoms with Crippen molar-refractivity contribution in [2.45, 2.75) is 58.4 Å². The summed E-state index contributed by atoms with van der Waals surface area (Å²) in [5, 5.41) is 31.4. The average molecular weight is 471 g/mol. The van der Waals surface area contributed by atoms with E-state index < -0.39 is 19.2 Å². The Labute approximate surface area is 201 Å². The van der Waals surface area contributed by atoms with Crippen molar-refractivity contribution in [1.82, 2.24) is 10.2 Å². The van der Waals surface area contributed by atoms with E-state index in [1.165, 1.54) is 7.11 Å². The summed E-state index contributed by atoms with van der Waals surface area (Å²) in [4.78, 5) is 27.0. The molecular formula is C24H34BN3O6. The van der Waals surface area contributed by atoms with E-state index in [9.17, 15) is 24.9 Å². The van der Waals surface area contributed by atoms with Crippen LogP contribution in [0.15, 0.2) is 35.9 Å². The predicted octanol–water partition coefficient (Wildman–Crippen LogP) is 2.22. The normalized spacial score (nSPS) is 17.4. The summed E-state index contributed by atoms with van der Waals surface area (Å²) in [6.45, 7) is 6.16. The SMILES string of the molecule is COc1cccc(CC(NC(=O)OC[C@H]2CCCCN2C(=O)C(C#N)=CC(C)(C)C)B(O)O)c1. The van der Waals surface area contributed by atoms with Gasteiger partial charge in [0, 0.05) is 6.54 Å². The molecule has 34 heavy (non-hydrogen) atoms. The van der Waals surface area contributed by atoms with Gasteiger partial charge in [0.25, 0.3) is 5.91 Å². The molecule has 9 nitrogen and oxygen atoms in total. The summed E-state index contributed by atoms with van der Waals surface area (Å²) in [6.07, 6.45) is 3.31. The monoisotopic (exact) mass is 471 g/mol. The topological polar surface area (TPSA) is 132 Å². The number of methoxy groups -OCH3 is 1. The minimum absolute atomic E-state index is 0.0563. The molecule has 0 bridgehead atoms. The maximum Gasteiger partial charge on any atom is 0.475 e. The third-order valence-corrected chi connectivity index (χ3v) is 5.48. The molecule has 10 heteroatoms. The maximum atomic E-state index is 13.0. The second kappa shape index (κ2) is 12.4. The smallest absolute Gasteiger partial charge is 0.475 e. The summed E-state index contributed by atoms with van der Waals surface area (Å²) in [6, 6.07) is 8.70. The van der Waals surface area contributed by atoms with Crippen LogP contribution in [0.5, 0.6) is 5.75 Å². The summed E-state index contributed by atoms with van der Waals surface area (Å²) in [5.74, 6) is -0.748. The molecule has 1 unspecified atom stereocenters. The lowest BCUT2D eigenvalue weighted by Gasteiger charge is -2.35. The van der Waals surface area contributed by atoms with Crippen LogP contribution in [-0.2, 0) is 16.0 Å². The van der Waals surface area contributed by atoms with E-state index in [1.807, 2.05) is 26.8 Å². The Morgan fingerprint density at radius 2 is 2.09 bits per heavy atom. The highest BCUT2D eigenvalue weighted by Crippen LogP contribution is 2.23. The first-order valence-electron chi connectivity index (χ1n) is 11.4. The van der Waals surface area contributed by atoms with Crippen LogP contribution in [0.1, 0.15) is 45.6 Å². The van der Waals surface area contributed by atoms with Gasteiger partial charge in [-0.2, -0.15) is 5.26 Å². The number of alkyl carbamates (subject to hydrolysis) is 1. The van der Waals surface area contributed by atoms with Crippen molar-refractivity contribution >= 4 is 19.1 Å². The van der Waals surface area contributed by atoms with Crippen molar-refractivity contribution in [1.29, 1.82) is 5.26 Å². The van der Waals surface area contributed by atoms with Crippen LogP contribution in [0.4, 0.5) is 4.79 Å². The number of carbonyl (C=O) groups excluding carboxylic acids is 2. The number of ether oxygens (including phenoxy) is 2. The molecule has 0 aliphatic carbocycles. The zero-order valence-corrected chi connectivity index (χ0v) is 20.3. The predicted molar refractivity (Wildman–Crippen MR) is 128 cm³/mol. The molecule has 184 valence electrons. The largest absolute Gasteiger partial charge is 0.497 e. The fourth-order valence-corrected chi connectivity index (χ4v) is 3.82. The maximum absolute atomic E-state index is 13.0. The van der Waals surface area contributed by atoms with Gasteiger partial charge in [-0.15, -0.1) is 0 Å². The Balaban J connectivity index is 2.00. The second-order valence-electron chi connectivity index (χ2n) is 9.50. The zero-order chi connectivity index (χ0) is 25.3. The van der Waals surface area contributed by atoms with Gasteiger partial charge in [-0.3, -0.25) is 4.79 Å². The molecule has 3 N–H and O–H groups in total. The summed E-state index contributed by atoms with van der Waals surface area (Å²) >= 11 is 0. The highest BCUT2D eigenvalue weighted by atomic mass is 16.5. The van der Waals surface area contributed by atoms with Crippen molar-refractivity contribution in [3.05, 3.63) is 41.5 Å². The van der Waals surface area contributed by atoms with Gasteiger partial charge in [0.1, 0.15) is 24.0 Å². The van der Waals surface area contributed by atoms with Gasteiger partial charge in [0.2, 0.25) is 0 Å². The Morgan fingerprint density at radius 1 is 1.35 bits per heavy atom. The van der Waals surface area contributed by atoms with Crippen molar-refractivity contribution in [2.24, 2.45) is 5.41 Å². The molecule has 0 spiro atoms. The van der Waals surface area contributed by atoms with Gasteiger partial charge < -0.3 is 29.7 Å². The third kappa shape index (κ3) is 8.39. The molecule has 1 saturated heterocycles. The molecule has 1 aliphatic heterocycles. The second-order valence-corrected chi connectivity index (χ2v) is 9.50. The minimum atomic E-state index is -1.80. The van der Waals surface area contributed by atoms with Crippen LogP contribution >= 0.6 is 0 Å². The summed E-state index contributed by atoms with van der Waals surface area (Å²) in [5.41, 5.74) is 0.493. The van der Waals surface area contributed by atoms with Gasteiger partial charge in [0.05, 0.1) is 19.1 Å². The van der Waals surface area contributed by atoms with E-state index in [1.54, 1.807) is 35.2 Å². The first-order chi connectivity index (χ1) is 16.0. The number of nitrogens with one attached hydrogen (secondary N) is 1. The Hall–Kier alpha value is -3.03. The van der Waals surface area contributed by atoms with Gasteiger partial charge in [-0.05, 0) is 48.8 Å². The molecule has 1 aromatic carbocycles. The van der Waals surface area contributed by atoms with Gasteiger partial charge in [0.15, 0.2) is 0 Å². The number of nitriles is 1. The zero-order valence-electron chi connectivity index (χ0n) is 20.3. The van der Waals surface area contributed by atoms with Crippen LogP contribution in [0.25, 0.3) is 0 Å². The van der Waals surface area contributed by atoms with Crippen molar-refractivity contribution in [3.63, 3.8) is 0 Å². The third-order valence-electron chi connectivity index (χ3n) is 5.48. The number of nitrogens with zero attached hydrogens (tertiary/aromatic N) is 2. The van der Waals surface area contributed by atoms with E-state index in [4.69, 9.17) is 9.47 Å². The Bertz CT molecular complexity index is 922. The summed E-state index contributed by atoms with van der Waals surface area (Å²) < 4.78 is 10.5. The standard InChI is InChI=1S/C24H34BN3O6/c1-24(2,3)14-18(15-26)22(29)28-11-6-5-9-19(28)16-34-23(30)27-21(25(31)32)13-17-8-7-10-20(12-17)33-4/h7-8,10,12,14,19,21,31-32H,5-6,9,11,13,16H2,1-4H3,(H,27,30)/t19-,21?/m1/s1. The van der Waals surface area contributed by atoms with Crippen LogP contribution in [0, 0.1) is 16.7 Å². The highest BCUT2D eigenvalue weighted by molar-refractivity contribution is 6.43. The number of carbonyl (C=O) groups is 2. The quantitative estimate of drug-likeness (QED) is 0.301. The molecule has 0 aromatic heterocycles. The first-order valence-corrected chi connectivity index (χ1v) is 11.4. The molecular weight excluding hydrogens is 437 g/mol. The average Bonchev–Trinajstić information content (AvgIpc) is 2.80. The van der Waals surface area contributed by atoms with E-state index in [0.29, 0.717) is 18.7 Å². The van der Waals surface area contributed by atoms with Crippen LogP contribution in [0.2, 0.25) is 0 Å². The van der Waals surface area contributed by atoms with Gasteiger partial charge >= 0.3 is 13.2 Å². The molecule has 1 heterocycles. The highest BCUT2D eigenvalue weighted by Gasteiger charge is 2.31. The lowest BCUT2D eigenvalue weighted by Crippen LogP contribution is -2.50. The van der Waals surface area contributed by atoms with E-state index in [2.05, 4.69) is 5.32 Å². The number of amides is 2. The van der Waals surface area contributed by atoms with Gasteiger partial charge in [-0.1, -0.05) is 39.0 Å². The number of likely N-dealkylation sites (tertiary alicyclic amines) is 1. The lowest BCUT2D eigenvalue weighted by atomic mass is 9.76. The fourth-order valence-electron chi connectivity index (χ4n) is 3.82. The van der Waals surface area contributed by atoms with Crippen LogP contribution in [0.3, 0.4) is 0 Å². The Morgan fingerprint density at radius 3 is 2.71 bits per heavy atom. The van der Waals surface area contributed by atoms with Crippen molar-refractivity contribution < 1.29 is 29.1 Å². The number of allylic oxidation sites excluding steroid dienone is 1. The molecule has 1 aromatic rings. The number of piperidine rings is 1. The van der Waals surface area contributed by atoms with Crippen molar-refractivity contribution in [3.8, 4) is 11.8 Å². The molecule has 2 atom stereocenters. The molecule has 1 fully saturated rings. The molecule has 0 saturated carbocycles. The first kappa shape index (κ1) is 27.2. The van der Waals surface area contributed by atoms with Crippen LogP contribution in [-0.4, -0.2) is 66.3 Å². The molecule has 2 rings (SSSR count). The summed E-state index contributed by atoms with van der Waals surface area (Å²) in [7, 11) is -0.266. The van der Waals surface area contributed by atoms with E-state index >= 15 is 0 Å². The van der Waals surface area contributed by atoms with Crippen molar-refractivity contribution in [2.75, 3.05) is 20.3 Å². The number of rotatable bonds is 8. The number of benzene rings is 1. The van der Waals surface area contributed by atoms with Gasteiger partial charge in [-0.25, -0.2) is 4.79 Å². The van der Waals surface area contributed by atoms with Crippen LogP contribution < -0.4 is 10.1 Å². The van der Waals surface area contributed by atoms with E-state index in [-0.39, 0.29) is 36.0 Å². The number of hydrogen-bond acceptors (Lipinski definition) is 7. The molecule has 0 radical (unpaired) electrons. The fraction of sp³-hybridized carbons (Fsp3) is 0.542. The lowest BCUT2D eigenvalue weighted by molar-refractivity contribution is -0.131. The minimum Gasteiger partial charge on any atom is -0.497 e. The molecule has 2 amide bonds. The number of hydrogen-bond donors (Lipinski definition) is 3. The van der Waals surface area contributed by atoms with E-state index in [0.717, 1.165) is 18.4 Å².